The first kappa shape index (κ1) is 23.1. The third-order valence-electron chi connectivity index (χ3n) is 3.79. The molecule has 0 radical (unpaired) electrons. The molecule has 25 heavy (non-hydrogen) atoms. The average molecular weight is 352 g/mol. The number of carbonyl (C=O) groups excluding carboxylic acids is 2. The van der Waals surface area contributed by atoms with Gasteiger partial charge in [0, 0.05) is 36.4 Å². The van der Waals surface area contributed by atoms with Gasteiger partial charge in [-0.2, -0.15) is 0 Å². The van der Waals surface area contributed by atoms with Crippen LogP contribution < -0.4 is 10.2 Å². The van der Waals surface area contributed by atoms with Crippen LogP contribution in [0.15, 0.2) is 30.3 Å². The number of ether oxygens (including phenoxy) is 1. The summed E-state index contributed by atoms with van der Waals surface area (Å²) in [5.74, 6) is -5.12. The van der Waals surface area contributed by atoms with Crippen molar-refractivity contribution in [3.8, 4) is 0 Å². The predicted molar refractivity (Wildman–Crippen MR) is 91.9 cm³/mol. The number of carbonyl (C=O) groups is 2. The second-order valence-corrected chi connectivity index (χ2v) is 7.07. The van der Waals surface area contributed by atoms with E-state index in [0.717, 1.165) is 11.0 Å². The lowest BCUT2D eigenvalue weighted by Crippen LogP contribution is -2.48. The Morgan fingerprint density at radius 3 is 1.92 bits per heavy atom. The monoisotopic (exact) mass is 352 g/mol. The highest BCUT2D eigenvalue weighted by Crippen LogP contribution is 2.19. The number of carboxylic acids is 2. The highest BCUT2D eigenvalue weighted by atomic mass is 16.5. The van der Waals surface area contributed by atoms with Gasteiger partial charge in [-0.3, -0.25) is 0 Å². The van der Waals surface area contributed by atoms with Crippen molar-refractivity contribution in [2.75, 3.05) is 28.3 Å². The number of carboxylic acid groups (broad SMARTS) is 2. The van der Waals surface area contributed by atoms with E-state index in [-0.39, 0.29) is 0 Å². The molecule has 0 aliphatic rings. The number of benzene rings is 1. The molecule has 0 heterocycles. The van der Waals surface area contributed by atoms with E-state index in [1.54, 1.807) is 6.92 Å². The zero-order chi connectivity index (χ0) is 19.6. The SMILES string of the molecule is CCC(OC)C(C(=O)[O-])C(C)C(=O)[O-].C[N+](C)(C)Cc1ccccc1. The Morgan fingerprint density at radius 1 is 1.08 bits per heavy atom. The molecule has 142 valence electrons. The standard InChI is InChI=1S/C10H16N.C9H16O5/c1-11(2,3)9-10-7-5-4-6-8-10;1-4-6(14-3)7(9(12)13)5(2)8(10)11/h4-8H,9H2,1-3H3;5-7H,4H2,1-3H3,(H,10,11)(H,12,13)/q+1;/p-2. The molecule has 0 bridgehead atoms. The largest absolute Gasteiger partial charge is 0.550 e. The highest BCUT2D eigenvalue weighted by Gasteiger charge is 2.27. The quantitative estimate of drug-likeness (QED) is 0.617. The van der Waals surface area contributed by atoms with Gasteiger partial charge in [0.25, 0.3) is 0 Å². The predicted octanol–water partition coefficient (Wildman–Crippen LogP) is 0.0563. The second-order valence-electron chi connectivity index (χ2n) is 7.07. The molecule has 1 aromatic carbocycles. The summed E-state index contributed by atoms with van der Waals surface area (Å²) in [5.41, 5.74) is 1.40. The Bertz CT molecular complexity index is 520. The minimum absolute atomic E-state index is 0.409. The molecule has 0 N–H and O–H groups in total. The smallest absolute Gasteiger partial charge is 0.104 e. The lowest BCUT2D eigenvalue weighted by molar-refractivity contribution is -0.884. The molecule has 0 fully saturated rings. The molecule has 6 nitrogen and oxygen atoms in total. The topological polar surface area (TPSA) is 89.5 Å². The highest BCUT2D eigenvalue weighted by molar-refractivity contribution is 5.78. The van der Waals surface area contributed by atoms with Gasteiger partial charge in [0.2, 0.25) is 0 Å². The van der Waals surface area contributed by atoms with Gasteiger partial charge in [-0.25, -0.2) is 0 Å². The van der Waals surface area contributed by atoms with Gasteiger partial charge in [0.1, 0.15) is 6.54 Å². The zero-order valence-electron chi connectivity index (χ0n) is 16.0. The van der Waals surface area contributed by atoms with Crippen LogP contribution in [0.4, 0.5) is 0 Å². The molecule has 3 unspecified atom stereocenters. The summed E-state index contributed by atoms with van der Waals surface area (Å²) in [4.78, 5) is 21.2. The zero-order valence-corrected chi connectivity index (χ0v) is 16.0. The van der Waals surface area contributed by atoms with Crippen molar-refractivity contribution < 1.29 is 29.0 Å². The van der Waals surface area contributed by atoms with Crippen molar-refractivity contribution in [1.82, 2.24) is 0 Å². The van der Waals surface area contributed by atoms with Gasteiger partial charge in [0.15, 0.2) is 0 Å². The molecule has 1 aromatic rings. The molecule has 0 spiro atoms. The molecule has 0 saturated heterocycles. The first-order valence-corrected chi connectivity index (χ1v) is 8.32. The van der Waals surface area contributed by atoms with E-state index >= 15 is 0 Å². The molecule has 0 amide bonds. The van der Waals surface area contributed by atoms with E-state index < -0.39 is 29.9 Å². The molecule has 0 aromatic heterocycles. The second kappa shape index (κ2) is 10.8. The summed E-state index contributed by atoms with van der Waals surface area (Å²) in [5, 5.41) is 21.2. The van der Waals surface area contributed by atoms with Crippen LogP contribution in [-0.4, -0.2) is 50.8 Å². The Labute approximate surface area is 150 Å². The molecule has 3 atom stereocenters. The number of hydrogen-bond donors (Lipinski definition) is 0. The Hall–Kier alpha value is -1.92. The van der Waals surface area contributed by atoms with Gasteiger partial charge in [-0.15, -0.1) is 0 Å². The maximum Gasteiger partial charge on any atom is 0.104 e. The lowest BCUT2D eigenvalue weighted by atomic mass is 9.87. The van der Waals surface area contributed by atoms with Crippen LogP contribution >= 0.6 is 0 Å². The van der Waals surface area contributed by atoms with Crippen LogP contribution in [-0.2, 0) is 20.9 Å². The van der Waals surface area contributed by atoms with Crippen LogP contribution in [0.25, 0.3) is 0 Å². The van der Waals surface area contributed by atoms with E-state index in [4.69, 9.17) is 4.74 Å². The maximum atomic E-state index is 10.7. The van der Waals surface area contributed by atoms with Crippen LogP contribution in [0.5, 0.6) is 0 Å². The van der Waals surface area contributed by atoms with E-state index in [9.17, 15) is 19.8 Å². The fourth-order valence-electron chi connectivity index (χ4n) is 2.52. The molecular formula is C19H30NO5-. The van der Waals surface area contributed by atoms with Crippen LogP contribution in [0.2, 0.25) is 0 Å². The van der Waals surface area contributed by atoms with Crippen LogP contribution in [0, 0.1) is 11.8 Å². The van der Waals surface area contributed by atoms with Crippen molar-refractivity contribution in [2.24, 2.45) is 11.8 Å². The number of hydrogen-bond acceptors (Lipinski definition) is 5. The van der Waals surface area contributed by atoms with E-state index in [1.807, 2.05) is 0 Å². The molecule has 0 saturated carbocycles. The minimum Gasteiger partial charge on any atom is -0.550 e. The van der Waals surface area contributed by atoms with Crippen molar-refractivity contribution in [3.63, 3.8) is 0 Å². The molecule has 0 aliphatic heterocycles. The maximum absolute atomic E-state index is 10.7. The number of quaternary nitrogens is 1. The van der Waals surface area contributed by atoms with E-state index in [1.165, 1.54) is 19.6 Å². The summed E-state index contributed by atoms with van der Waals surface area (Å²) < 4.78 is 5.87. The van der Waals surface area contributed by atoms with Crippen LogP contribution in [0.3, 0.4) is 0 Å². The molecule has 6 heteroatoms. The Kier molecular flexibility index (Phi) is 10.0. The van der Waals surface area contributed by atoms with Gasteiger partial charge in [-0.1, -0.05) is 44.2 Å². The fraction of sp³-hybridized carbons (Fsp3) is 0.579. The molecular weight excluding hydrogens is 322 g/mol. The average Bonchev–Trinajstić information content (AvgIpc) is 2.51. The molecule has 1 rings (SSSR count). The normalized spacial score (nSPS) is 14.6. The summed E-state index contributed by atoms with van der Waals surface area (Å²) >= 11 is 0. The Morgan fingerprint density at radius 2 is 1.60 bits per heavy atom. The van der Waals surface area contributed by atoms with Gasteiger partial charge < -0.3 is 29.0 Å². The summed E-state index contributed by atoms with van der Waals surface area (Å²) in [6.07, 6.45) is -0.250. The first-order valence-electron chi connectivity index (χ1n) is 8.32. The van der Waals surface area contributed by atoms with E-state index in [2.05, 4.69) is 51.5 Å². The van der Waals surface area contributed by atoms with Crippen molar-refractivity contribution in [1.29, 1.82) is 0 Å². The third kappa shape index (κ3) is 9.22. The van der Waals surface area contributed by atoms with Gasteiger partial charge in [0.05, 0.1) is 27.2 Å². The summed E-state index contributed by atoms with van der Waals surface area (Å²) in [6, 6.07) is 10.6. The van der Waals surface area contributed by atoms with Crippen molar-refractivity contribution in [2.45, 2.75) is 32.9 Å². The Balaban J connectivity index is 0.000000472. The minimum atomic E-state index is -1.42. The van der Waals surface area contributed by atoms with E-state index in [0.29, 0.717) is 6.42 Å². The van der Waals surface area contributed by atoms with Crippen molar-refractivity contribution >= 4 is 11.9 Å². The van der Waals surface area contributed by atoms with Crippen LogP contribution in [0.1, 0.15) is 25.8 Å². The number of rotatable bonds is 8. The number of methoxy groups -OCH3 is 1. The molecule has 0 aliphatic carbocycles. The summed E-state index contributed by atoms with van der Waals surface area (Å²) in [6.45, 7) is 4.09. The number of aliphatic carboxylic acids is 2. The first-order chi connectivity index (χ1) is 11.5. The van der Waals surface area contributed by atoms with Gasteiger partial charge >= 0.3 is 0 Å². The third-order valence-corrected chi connectivity index (χ3v) is 3.79. The lowest BCUT2D eigenvalue weighted by Gasteiger charge is -2.31. The fourth-order valence-corrected chi connectivity index (χ4v) is 2.52. The van der Waals surface area contributed by atoms with Crippen molar-refractivity contribution in [3.05, 3.63) is 35.9 Å². The van der Waals surface area contributed by atoms with Gasteiger partial charge in [-0.05, 0) is 6.42 Å². The summed E-state index contributed by atoms with van der Waals surface area (Å²) in [7, 11) is 7.94. The number of nitrogens with zero attached hydrogens (tertiary/aromatic N) is 1.